The first-order valence-corrected chi connectivity index (χ1v) is 11.2. The molecule has 34 heavy (non-hydrogen) atoms. The third-order valence-corrected chi connectivity index (χ3v) is 5.28. The van der Waals surface area contributed by atoms with Crippen LogP contribution in [-0.4, -0.2) is 32.9 Å². The average Bonchev–Trinajstić information content (AvgIpc) is 3.53. The lowest BCUT2D eigenvalue weighted by Crippen LogP contribution is -2.11. The van der Waals surface area contributed by atoms with E-state index in [1.54, 1.807) is 19.1 Å². The second-order valence-electron chi connectivity index (χ2n) is 6.97. The number of pyridine rings is 2. The Kier molecular flexibility index (Phi) is 9.39. The van der Waals surface area contributed by atoms with Gasteiger partial charge in [-0.3, -0.25) is 0 Å². The Morgan fingerprint density at radius 2 is 1.47 bits per heavy atom. The zero-order chi connectivity index (χ0) is 24.3. The van der Waals surface area contributed by atoms with Crippen LogP contribution in [0.1, 0.15) is 39.9 Å². The van der Waals surface area contributed by atoms with Crippen LogP contribution in [0.4, 0.5) is 8.78 Å². The van der Waals surface area contributed by atoms with Gasteiger partial charge in [-0.15, -0.1) is 0 Å². The van der Waals surface area contributed by atoms with Gasteiger partial charge in [0.15, 0.2) is 5.69 Å². The molecule has 0 unspecified atom stereocenters. The molecule has 0 radical (unpaired) electrons. The third-order valence-electron chi connectivity index (χ3n) is 4.56. The van der Waals surface area contributed by atoms with E-state index in [4.69, 9.17) is 13.8 Å². The molecule has 0 aliphatic carbocycles. The van der Waals surface area contributed by atoms with Crippen LogP contribution >= 0.6 is 15.9 Å². The van der Waals surface area contributed by atoms with E-state index < -0.39 is 11.8 Å². The van der Waals surface area contributed by atoms with E-state index in [1.807, 2.05) is 0 Å². The fourth-order valence-electron chi connectivity index (χ4n) is 2.95. The number of esters is 1. The van der Waals surface area contributed by atoms with E-state index in [9.17, 15) is 13.6 Å². The number of aromatic nitrogens is 4. The molecule has 0 aromatic carbocycles. The predicted octanol–water partition coefficient (Wildman–Crippen LogP) is 4.93. The maximum Gasteiger partial charge on any atom is 0.357 e. The maximum atomic E-state index is 13.2. The van der Waals surface area contributed by atoms with Gasteiger partial charge in [0.05, 0.1) is 30.4 Å². The Morgan fingerprint density at radius 3 is 2.03 bits per heavy atom. The predicted molar refractivity (Wildman–Crippen MR) is 120 cm³/mol. The van der Waals surface area contributed by atoms with Gasteiger partial charge < -0.3 is 13.8 Å². The smallest absolute Gasteiger partial charge is 0.357 e. The zero-order valence-electron chi connectivity index (χ0n) is 18.2. The molecule has 4 heterocycles. The maximum absolute atomic E-state index is 13.2. The Balaban J connectivity index is 0.000000196. The number of aryl methyl sites for hydroxylation is 4. The van der Waals surface area contributed by atoms with Crippen LogP contribution in [0.2, 0.25) is 0 Å². The van der Waals surface area contributed by atoms with Crippen LogP contribution in [0, 0.1) is 11.6 Å². The summed E-state index contributed by atoms with van der Waals surface area (Å²) in [7, 11) is 0. The molecule has 0 bridgehead atoms. The number of hydrogen-bond donors (Lipinski definition) is 0. The highest BCUT2D eigenvalue weighted by atomic mass is 79.9. The van der Waals surface area contributed by atoms with Crippen molar-refractivity contribution in [2.24, 2.45) is 0 Å². The van der Waals surface area contributed by atoms with Gasteiger partial charge in [0.2, 0.25) is 0 Å². The molecule has 0 atom stereocenters. The molecule has 4 aromatic heterocycles. The van der Waals surface area contributed by atoms with Crippen molar-refractivity contribution in [2.45, 2.75) is 32.6 Å². The van der Waals surface area contributed by atoms with Gasteiger partial charge in [-0.05, 0) is 71.8 Å². The van der Waals surface area contributed by atoms with Gasteiger partial charge in [0, 0.05) is 12.1 Å². The minimum atomic E-state index is -0.544. The largest absolute Gasteiger partial charge is 0.461 e. The summed E-state index contributed by atoms with van der Waals surface area (Å²) in [5.41, 5.74) is 3.07. The summed E-state index contributed by atoms with van der Waals surface area (Å²) in [5.74, 6) is -1.35. The average molecular weight is 535 g/mol. The second kappa shape index (κ2) is 12.7. The topological polar surface area (TPSA) is 104 Å². The van der Waals surface area contributed by atoms with Crippen LogP contribution in [0.15, 0.2) is 62.8 Å². The highest BCUT2D eigenvalue weighted by molar-refractivity contribution is 9.10. The van der Waals surface area contributed by atoms with Crippen molar-refractivity contribution < 1.29 is 27.4 Å². The molecule has 0 N–H and O–H groups in total. The summed E-state index contributed by atoms with van der Waals surface area (Å²) < 4.78 is 41.1. The molecule has 0 amide bonds. The first kappa shape index (κ1) is 25.2. The monoisotopic (exact) mass is 534 g/mol. The molecular formula is C23H21BrF2N4O4. The first-order chi connectivity index (χ1) is 16.5. The molecule has 0 saturated heterocycles. The van der Waals surface area contributed by atoms with Crippen molar-refractivity contribution in [3.63, 3.8) is 0 Å². The number of rotatable bonds is 8. The van der Waals surface area contributed by atoms with Crippen LogP contribution < -0.4 is 0 Å². The van der Waals surface area contributed by atoms with Gasteiger partial charge in [0.25, 0.3) is 0 Å². The Bertz CT molecular complexity index is 1190. The SMILES string of the molecule is CCOC(=O)c1ncc(F)cc1CCc1ccon1.Fc1cnc(Br)c(CCc2ccon2)c1. The van der Waals surface area contributed by atoms with Crippen LogP contribution in [-0.2, 0) is 30.4 Å². The first-order valence-electron chi connectivity index (χ1n) is 10.4. The van der Waals surface area contributed by atoms with Crippen LogP contribution in [0.3, 0.4) is 0 Å². The lowest BCUT2D eigenvalue weighted by atomic mass is 10.1. The minimum Gasteiger partial charge on any atom is -0.461 e. The lowest BCUT2D eigenvalue weighted by molar-refractivity contribution is 0.0518. The molecular weight excluding hydrogens is 514 g/mol. The summed E-state index contributed by atoms with van der Waals surface area (Å²) in [6.07, 6.45) is 7.53. The fourth-order valence-corrected chi connectivity index (χ4v) is 3.37. The summed E-state index contributed by atoms with van der Waals surface area (Å²) in [6.45, 7) is 1.96. The molecule has 0 saturated carbocycles. The Hall–Kier alpha value is -3.47. The molecule has 11 heteroatoms. The third kappa shape index (κ3) is 7.55. The van der Waals surface area contributed by atoms with E-state index in [1.165, 1.54) is 30.9 Å². The number of halogens is 3. The molecule has 8 nitrogen and oxygen atoms in total. The van der Waals surface area contributed by atoms with Crippen molar-refractivity contribution in [1.29, 1.82) is 0 Å². The van der Waals surface area contributed by atoms with Gasteiger partial charge in [-0.2, -0.15) is 0 Å². The van der Waals surface area contributed by atoms with Crippen molar-refractivity contribution in [3.05, 3.63) is 93.6 Å². The number of nitrogens with zero attached hydrogens (tertiary/aromatic N) is 4. The van der Waals surface area contributed by atoms with Crippen molar-refractivity contribution in [3.8, 4) is 0 Å². The minimum absolute atomic E-state index is 0.145. The van der Waals surface area contributed by atoms with Crippen molar-refractivity contribution in [2.75, 3.05) is 6.61 Å². The highest BCUT2D eigenvalue weighted by Crippen LogP contribution is 2.17. The quantitative estimate of drug-likeness (QED) is 0.231. The van der Waals surface area contributed by atoms with Gasteiger partial charge in [-0.1, -0.05) is 10.3 Å². The molecule has 0 aliphatic rings. The zero-order valence-corrected chi connectivity index (χ0v) is 19.8. The molecule has 0 spiro atoms. The van der Waals surface area contributed by atoms with Crippen molar-refractivity contribution in [1.82, 2.24) is 20.3 Å². The molecule has 0 aliphatic heterocycles. The standard InChI is InChI=1S/C13H13FN2O3.C10H8BrFN2O/c1-2-18-13(17)12-9(7-10(14)8-15-12)3-4-11-5-6-19-16-11;11-10-7(5-8(12)6-13-10)1-2-9-3-4-15-14-9/h5-8H,2-4H2,1H3;3-6H,1-2H2. The molecule has 178 valence electrons. The number of ether oxygens (including phenoxy) is 1. The molecule has 4 rings (SSSR count). The summed E-state index contributed by atoms with van der Waals surface area (Å²) in [6, 6.07) is 6.27. The van der Waals surface area contributed by atoms with Crippen LogP contribution in [0.25, 0.3) is 0 Å². The van der Waals surface area contributed by atoms with E-state index in [-0.39, 0.29) is 18.1 Å². The Labute approximate surface area is 202 Å². The number of hydrogen-bond acceptors (Lipinski definition) is 8. The number of carbonyl (C=O) groups is 1. The molecule has 4 aromatic rings. The number of carbonyl (C=O) groups excluding carboxylic acids is 1. The van der Waals surface area contributed by atoms with E-state index in [2.05, 4.69) is 36.2 Å². The highest BCUT2D eigenvalue weighted by Gasteiger charge is 2.15. The lowest BCUT2D eigenvalue weighted by Gasteiger charge is -2.07. The van der Waals surface area contributed by atoms with Gasteiger partial charge in [-0.25, -0.2) is 23.5 Å². The van der Waals surface area contributed by atoms with Gasteiger partial charge >= 0.3 is 5.97 Å². The molecule has 0 fully saturated rings. The van der Waals surface area contributed by atoms with E-state index in [0.29, 0.717) is 35.8 Å². The van der Waals surface area contributed by atoms with E-state index >= 15 is 0 Å². The summed E-state index contributed by atoms with van der Waals surface area (Å²) in [4.78, 5) is 19.4. The van der Waals surface area contributed by atoms with Crippen LogP contribution in [0.5, 0.6) is 0 Å². The van der Waals surface area contributed by atoms with Gasteiger partial charge in [0.1, 0.15) is 28.8 Å². The fraction of sp³-hybridized carbons (Fsp3) is 0.261. The normalized spacial score (nSPS) is 10.5. The Morgan fingerprint density at radius 1 is 0.912 bits per heavy atom. The summed E-state index contributed by atoms with van der Waals surface area (Å²) in [5, 5.41) is 7.54. The van der Waals surface area contributed by atoms with E-state index in [0.717, 1.165) is 23.1 Å². The van der Waals surface area contributed by atoms with Crippen molar-refractivity contribution >= 4 is 21.9 Å². The summed E-state index contributed by atoms with van der Waals surface area (Å²) >= 11 is 3.27. The second-order valence-corrected chi connectivity index (χ2v) is 7.72.